The summed E-state index contributed by atoms with van der Waals surface area (Å²) in [6, 6.07) is 22.4. The maximum atomic E-state index is 11.9. The lowest BCUT2D eigenvalue weighted by Gasteiger charge is -2.09. The van der Waals surface area contributed by atoms with Crippen LogP contribution in [0.3, 0.4) is 0 Å². The van der Waals surface area contributed by atoms with Gasteiger partial charge in [0.15, 0.2) is 6.61 Å². The van der Waals surface area contributed by atoms with Crippen LogP contribution in [0.2, 0.25) is 0 Å². The Morgan fingerprint density at radius 3 is 2.36 bits per heavy atom. The first-order valence-electron chi connectivity index (χ1n) is 7.90. The number of nitrogens with one attached hydrogen (secondary N) is 1. The Labute approximate surface area is 146 Å². The minimum Gasteiger partial charge on any atom is -0.489 e. The molecule has 5 heteroatoms. The number of nitrogens with zero attached hydrogens (tertiary/aromatic N) is 1. The fourth-order valence-electron chi connectivity index (χ4n) is 2.14. The highest BCUT2D eigenvalue weighted by Gasteiger charge is 2.04. The van der Waals surface area contributed by atoms with Gasteiger partial charge in [-0.05, 0) is 35.9 Å². The summed E-state index contributed by atoms with van der Waals surface area (Å²) in [5.74, 6) is 0.914. The third-order valence-electron chi connectivity index (χ3n) is 3.38. The van der Waals surface area contributed by atoms with Crippen LogP contribution >= 0.6 is 0 Å². The Morgan fingerprint density at radius 2 is 1.64 bits per heavy atom. The Hall–Kier alpha value is -3.34. The van der Waals surface area contributed by atoms with Gasteiger partial charge in [0.05, 0.1) is 0 Å². The summed E-state index contributed by atoms with van der Waals surface area (Å²) in [6.45, 7) is 0.410. The molecule has 1 amide bonds. The molecular weight excluding hydrogens is 316 g/mol. The molecule has 0 unspecified atom stereocenters. The van der Waals surface area contributed by atoms with Crippen molar-refractivity contribution in [2.75, 3.05) is 11.9 Å². The zero-order valence-corrected chi connectivity index (χ0v) is 13.6. The number of carbonyl (C=O) groups is 1. The van der Waals surface area contributed by atoms with Crippen LogP contribution in [-0.4, -0.2) is 17.5 Å². The molecule has 1 N–H and O–H groups in total. The summed E-state index contributed by atoms with van der Waals surface area (Å²) in [7, 11) is 0. The van der Waals surface area contributed by atoms with E-state index in [4.69, 9.17) is 9.47 Å². The van der Waals surface area contributed by atoms with E-state index < -0.39 is 0 Å². The number of anilines is 1. The van der Waals surface area contributed by atoms with Crippen molar-refractivity contribution in [1.29, 1.82) is 0 Å². The van der Waals surface area contributed by atoms with E-state index >= 15 is 0 Å². The number of hydrogen-bond acceptors (Lipinski definition) is 4. The van der Waals surface area contributed by atoms with Crippen LogP contribution in [0.1, 0.15) is 5.56 Å². The Bertz CT molecular complexity index is 790. The smallest absolute Gasteiger partial charge is 0.262 e. The van der Waals surface area contributed by atoms with Crippen molar-refractivity contribution < 1.29 is 14.3 Å². The average molecular weight is 334 g/mol. The summed E-state index contributed by atoms with van der Waals surface area (Å²) in [5, 5.41) is 2.77. The second-order valence-corrected chi connectivity index (χ2v) is 5.30. The normalized spacial score (nSPS) is 10.1. The first-order chi connectivity index (χ1) is 12.3. The van der Waals surface area contributed by atoms with E-state index in [9.17, 15) is 4.79 Å². The van der Waals surface area contributed by atoms with E-state index in [1.54, 1.807) is 36.5 Å². The minimum absolute atomic E-state index is 0.0940. The number of rotatable bonds is 7. The highest BCUT2D eigenvalue weighted by molar-refractivity contribution is 5.91. The van der Waals surface area contributed by atoms with Gasteiger partial charge in [0.2, 0.25) is 5.88 Å². The molecule has 1 aromatic heterocycles. The van der Waals surface area contributed by atoms with Gasteiger partial charge in [-0.25, -0.2) is 4.98 Å². The molecule has 0 bridgehead atoms. The lowest BCUT2D eigenvalue weighted by molar-refractivity contribution is -0.118. The average Bonchev–Trinajstić information content (AvgIpc) is 2.67. The van der Waals surface area contributed by atoms with Crippen LogP contribution in [0.25, 0.3) is 0 Å². The van der Waals surface area contributed by atoms with Crippen LogP contribution in [0.5, 0.6) is 11.6 Å². The van der Waals surface area contributed by atoms with E-state index in [-0.39, 0.29) is 12.5 Å². The summed E-state index contributed by atoms with van der Waals surface area (Å²) in [5.41, 5.74) is 1.79. The molecule has 0 saturated carbocycles. The number of hydrogen-bond donors (Lipinski definition) is 1. The molecule has 0 atom stereocenters. The van der Waals surface area contributed by atoms with Gasteiger partial charge in [0.1, 0.15) is 12.4 Å². The SMILES string of the molecule is O=C(COc1ccccn1)Nc1ccc(OCc2ccccc2)cc1. The van der Waals surface area contributed by atoms with Crippen molar-refractivity contribution in [2.45, 2.75) is 6.61 Å². The van der Waals surface area contributed by atoms with Crippen LogP contribution in [0.4, 0.5) is 5.69 Å². The van der Waals surface area contributed by atoms with Crippen LogP contribution in [0.15, 0.2) is 79.0 Å². The molecule has 0 fully saturated rings. The molecule has 0 saturated heterocycles. The van der Waals surface area contributed by atoms with E-state index in [1.165, 1.54) is 0 Å². The Balaban J connectivity index is 1.46. The summed E-state index contributed by atoms with van der Waals surface area (Å²) in [4.78, 5) is 15.9. The fraction of sp³-hybridized carbons (Fsp3) is 0.100. The molecular formula is C20H18N2O3. The van der Waals surface area contributed by atoms with Crippen LogP contribution in [0, 0.1) is 0 Å². The molecule has 25 heavy (non-hydrogen) atoms. The van der Waals surface area contributed by atoms with Crippen molar-refractivity contribution in [3.63, 3.8) is 0 Å². The summed E-state index contributed by atoms with van der Waals surface area (Å²) >= 11 is 0. The van der Waals surface area contributed by atoms with Gasteiger partial charge in [-0.1, -0.05) is 36.4 Å². The number of ether oxygens (including phenoxy) is 2. The highest BCUT2D eigenvalue weighted by atomic mass is 16.5. The van der Waals surface area contributed by atoms with Gasteiger partial charge in [-0.2, -0.15) is 0 Å². The predicted octanol–water partition coefficient (Wildman–Crippen LogP) is 3.68. The minimum atomic E-state index is -0.247. The molecule has 126 valence electrons. The molecule has 3 rings (SSSR count). The maximum Gasteiger partial charge on any atom is 0.262 e. The zero-order chi connectivity index (χ0) is 17.3. The lowest BCUT2D eigenvalue weighted by atomic mass is 10.2. The standard InChI is InChI=1S/C20H18N2O3/c23-19(15-25-20-8-4-5-13-21-20)22-17-9-11-18(12-10-17)24-14-16-6-2-1-3-7-16/h1-13H,14-15H2,(H,22,23). The Morgan fingerprint density at radius 1 is 0.880 bits per heavy atom. The van der Waals surface area contributed by atoms with Crippen LogP contribution < -0.4 is 14.8 Å². The monoisotopic (exact) mass is 334 g/mol. The molecule has 0 aliphatic carbocycles. The second-order valence-electron chi connectivity index (χ2n) is 5.30. The van der Waals surface area contributed by atoms with Crippen LogP contribution in [-0.2, 0) is 11.4 Å². The third-order valence-corrected chi connectivity index (χ3v) is 3.38. The van der Waals surface area contributed by atoms with Gasteiger partial charge < -0.3 is 14.8 Å². The predicted molar refractivity (Wildman–Crippen MR) is 95.6 cm³/mol. The number of benzene rings is 2. The molecule has 0 radical (unpaired) electrons. The van der Waals surface area contributed by atoms with E-state index in [1.807, 2.05) is 42.5 Å². The van der Waals surface area contributed by atoms with Crippen molar-refractivity contribution >= 4 is 11.6 Å². The molecule has 0 aliphatic heterocycles. The number of carbonyl (C=O) groups excluding carboxylic acids is 1. The highest BCUT2D eigenvalue weighted by Crippen LogP contribution is 2.17. The second kappa shape index (κ2) is 8.49. The third kappa shape index (κ3) is 5.35. The topological polar surface area (TPSA) is 60.5 Å². The van der Waals surface area contributed by atoms with Crippen molar-refractivity contribution in [2.24, 2.45) is 0 Å². The van der Waals surface area contributed by atoms with Gasteiger partial charge in [0, 0.05) is 18.0 Å². The molecule has 2 aromatic carbocycles. The number of pyridine rings is 1. The van der Waals surface area contributed by atoms with Crippen molar-refractivity contribution in [3.05, 3.63) is 84.6 Å². The number of aromatic nitrogens is 1. The summed E-state index contributed by atoms with van der Waals surface area (Å²) in [6.07, 6.45) is 1.61. The first-order valence-corrected chi connectivity index (χ1v) is 7.90. The molecule has 0 aliphatic rings. The fourth-order valence-corrected chi connectivity index (χ4v) is 2.14. The van der Waals surface area contributed by atoms with E-state index in [0.29, 0.717) is 18.2 Å². The van der Waals surface area contributed by atoms with Gasteiger partial charge in [-0.3, -0.25) is 4.79 Å². The largest absolute Gasteiger partial charge is 0.489 e. The van der Waals surface area contributed by atoms with E-state index in [2.05, 4.69) is 10.3 Å². The van der Waals surface area contributed by atoms with Crippen molar-refractivity contribution in [3.8, 4) is 11.6 Å². The lowest BCUT2D eigenvalue weighted by Crippen LogP contribution is -2.20. The zero-order valence-electron chi connectivity index (χ0n) is 13.6. The number of amides is 1. The maximum absolute atomic E-state index is 11.9. The first kappa shape index (κ1) is 16.5. The van der Waals surface area contributed by atoms with E-state index in [0.717, 1.165) is 11.3 Å². The van der Waals surface area contributed by atoms with Gasteiger partial charge >= 0.3 is 0 Å². The summed E-state index contributed by atoms with van der Waals surface area (Å²) < 4.78 is 11.0. The van der Waals surface area contributed by atoms with Crippen molar-refractivity contribution in [1.82, 2.24) is 4.98 Å². The molecule has 1 heterocycles. The quantitative estimate of drug-likeness (QED) is 0.716. The molecule has 0 spiro atoms. The Kier molecular flexibility index (Phi) is 5.61. The van der Waals surface area contributed by atoms with Gasteiger partial charge in [-0.15, -0.1) is 0 Å². The molecule has 3 aromatic rings. The molecule has 5 nitrogen and oxygen atoms in total. The van der Waals surface area contributed by atoms with Gasteiger partial charge in [0.25, 0.3) is 5.91 Å².